The molecule has 3 unspecified atom stereocenters. The molecule has 2 aromatic heterocycles. The number of piperidine rings is 1. The Morgan fingerprint density at radius 1 is 1.20 bits per heavy atom. The second-order valence-electron chi connectivity index (χ2n) is 8.08. The minimum atomic E-state index is -3.65. The van der Waals surface area contributed by atoms with Gasteiger partial charge >= 0.3 is 0 Å². The smallest absolute Gasteiger partial charge is 0.267 e. The van der Waals surface area contributed by atoms with Crippen LogP contribution >= 0.6 is 0 Å². The van der Waals surface area contributed by atoms with E-state index in [9.17, 15) is 18.3 Å². The summed E-state index contributed by atoms with van der Waals surface area (Å²) in [5.41, 5.74) is -0.226. The molecule has 1 saturated carbocycles. The summed E-state index contributed by atoms with van der Waals surface area (Å²) in [7, 11) is -1.98. The number of aromatic nitrogens is 4. The normalized spacial score (nSPS) is 25.0. The maximum Gasteiger partial charge on any atom is 0.267 e. The number of aryl methyl sites for hydroxylation is 1. The van der Waals surface area contributed by atoms with Crippen LogP contribution in [0.2, 0.25) is 0 Å². The van der Waals surface area contributed by atoms with Crippen molar-refractivity contribution >= 4 is 15.8 Å². The van der Waals surface area contributed by atoms with E-state index in [0.717, 1.165) is 38.6 Å². The van der Waals surface area contributed by atoms with Crippen LogP contribution in [-0.4, -0.2) is 58.3 Å². The number of nitrogens with zero attached hydrogens (tertiary/aromatic N) is 5. The minimum Gasteiger partial charge on any atom is -0.391 e. The molecule has 2 aliphatic rings. The molecule has 2 N–H and O–H groups in total. The van der Waals surface area contributed by atoms with Crippen molar-refractivity contribution in [3.05, 3.63) is 34.9 Å². The monoisotopic (exact) mass is 436 g/mol. The molecule has 1 aliphatic carbocycles. The van der Waals surface area contributed by atoms with Gasteiger partial charge in [0.25, 0.3) is 5.56 Å². The van der Waals surface area contributed by atoms with Gasteiger partial charge in [-0.25, -0.2) is 17.8 Å². The highest BCUT2D eigenvalue weighted by Gasteiger charge is 2.30. The number of hydrogen-bond acceptors (Lipinski definition) is 7. The third kappa shape index (κ3) is 4.28. The van der Waals surface area contributed by atoms with Gasteiger partial charge in [0.2, 0.25) is 10.0 Å². The second kappa shape index (κ2) is 8.48. The Kier molecular flexibility index (Phi) is 5.94. The Morgan fingerprint density at radius 3 is 2.73 bits per heavy atom. The maximum atomic E-state index is 12.6. The summed E-state index contributed by atoms with van der Waals surface area (Å²) in [6, 6.07) is 2.80. The second-order valence-corrected chi connectivity index (χ2v) is 9.85. The number of nitrogens with one attached hydrogen (secondary N) is 1. The summed E-state index contributed by atoms with van der Waals surface area (Å²) in [6.45, 7) is 0.974. The van der Waals surface area contributed by atoms with Crippen LogP contribution in [0.5, 0.6) is 0 Å². The standard InChI is InChI=1S/C19H28N6O4S/c1-23-13-15(12-20-23)30(28,29)21-11-14-5-2-3-10-24(14)18-8-9-19(27)25(22-18)16-6-4-7-17(16)26/h8-9,12-14,16-17,21,26H,2-7,10-11H2,1H3. The number of sulfonamides is 1. The van der Waals surface area contributed by atoms with Gasteiger partial charge in [0.05, 0.1) is 18.3 Å². The average molecular weight is 437 g/mol. The molecule has 164 valence electrons. The van der Waals surface area contributed by atoms with Gasteiger partial charge in [-0.1, -0.05) is 0 Å². The Morgan fingerprint density at radius 2 is 2.03 bits per heavy atom. The zero-order chi connectivity index (χ0) is 21.3. The predicted molar refractivity (Wildman–Crippen MR) is 111 cm³/mol. The number of anilines is 1. The molecule has 0 bridgehead atoms. The van der Waals surface area contributed by atoms with Crippen LogP contribution < -0.4 is 15.2 Å². The Labute approximate surface area is 175 Å². The molecule has 0 radical (unpaired) electrons. The molecule has 2 aromatic rings. The lowest BCUT2D eigenvalue weighted by Gasteiger charge is -2.37. The highest BCUT2D eigenvalue weighted by molar-refractivity contribution is 7.89. The first-order chi connectivity index (χ1) is 14.3. The SMILES string of the molecule is Cn1cc(S(=O)(=O)NCC2CCCCN2c2ccc(=O)n(C3CCCC3O)n2)cn1. The molecule has 10 nitrogen and oxygen atoms in total. The average Bonchev–Trinajstić information content (AvgIpc) is 3.36. The van der Waals surface area contributed by atoms with Crippen molar-refractivity contribution in [2.24, 2.45) is 7.05 Å². The summed E-state index contributed by atoms with van der Waals surface area (Å²) in [5.74, 6) is 0.638. The summed E-state index contributed by atoms with van der Waals surface area (Å²) in [5, 5.41) is 18.7. The molecule has 11 heteroatoms. The van der Waals surface area contributed by atoms with Gasteiger partial charge in [-0.2, -0.15) is 10.2 Å². The Bertz CT molecular complexity index is 1050. The van der Waals surface area contributed by atoms with Crippen LogP contribution in [0, 0.1) is 0 Å². The van der Waals surface area contributed by atoms with E-state index in [2.05, 4.69) is 19.8 Å². The molecular formula is C19H28N6O4S. The molecule has 3 atom stereocenters. The zero-order valence-electron chi connectivity index (χ0n) is 17.0. The van der Waals surface area contributed by atoms with Crippen molar-refractivity contribution in [3.8, 4) is 0 Å². The highest BCUT2D eigenvalue weighted by Crippen LogP contribution is 2.29. The van der Waals surface area contributed by atoms with E-state index in [1.165, 1.54) is 27.8 Å². The van der Waals surface area contributed by atoms with Crippen LogP contribution in [0.1, 0.15) is 44.6 Å². The van der Waals surface area contributed by atoms with Gasteiger partial charge < -0.3 is 10.0 Å². The van der Waals surface area contributed by atoms with Gasteiger partial charge in [-0.05, 0) is 44.6 Å². The van der Waals surface area contributed by atoms with Crippen molar-refractivity contribution in [2.45, 2.75) is 61.6 Å². The molecular weight excluding hydrogens is 408 g/mol. The number of aliphatic hydroxyl groups excluding tert-OH is 1. The van der Waals surface area contributed by atoms with Crippen LogP contribution in [0.3, 0.4) is 0 Å². The summed E-state index contributed by atoms with van der Waals surface area (Å²) < 4.78 is 30.7. The lowest BCUT2D eigenvalue weighted by atomic mass is 10.0. The van der Waals surface area contributed by atoms with Crippen LogP contribution in [0.15, 0.2) is 34.2 Å². The summed E-state index contributed by atoms with van der Waals surface area (Å²) >= 11 is 0. The van der Waals surface area contributed by atoms with Crippen molar-refractivity contribution in [1.82, 2.24) is 24.3 Å². The fourth-order valence-electron chi connectivity index (χ4n) is 4.35. The number of hydrogen-bond donors (Lipinski definition) is 2. The van der Waals surface area contributed by atoms with Gasteiger partial charge in [-0.3, -0.25) is 9.48 Å². The van der Waals surface area contributed by atoms with E-state index in [1.54, 1.807) is 13.1 Å². The van der Waals surface area contributed by atoms with Crippen LogP contribution in [-0.2, 0) is 17.1 Å². The van der Waals surface area contributed by atoms with E-state index >= 15 is 0 Å². The van der Waals surface area contributed by atoms with E-state index in [0.29, 0.717) is 12.2 Å². The van der Waals surface area contributed by atoms with Crippen LogP contribution in [0.25, 0.3) is 0 Å². The van der Waals surface area contributed by atoms with Crippen molar-refractivity contribution in [3.63, 3.8) is 0 Å². The Balaban J connectivity index is 1.53. The third-order valence-electron chi connectivity index (χ3n) is 5.99. The minimum absolute atomic E-state index is 0.0721. The quantitative estimate of drug-likeness (QED) is 0.672. The topological polar surface area (TPSA) is 122 Å². The molecule has 0 aromatic carbocycles. The van der Waals surface area contributed by atoms with E-state index in [4.69, 9.17) is 0 Å². The van der Waals surface area contributed by atoms with E-state index in [-0.39, 0.29) is 29.1 Å². The van der Waals surface area contributed by atoms with Gasteiger partial charge in [-0.15, -0.1) is 0 Å². The van der Waals surface area contributed by atoms with Crippen molar-refractivity contribution in [2.75, 3.05) is 18.0 Å². The largest absolute Gasteiger partial charge is 0.391 e. The third-order valence-corrected chi connectivity index (χ3v) is 7.37. The van der Waals surface area contributed by atoms with Gasteiger partial charge in [0.15, 0.2) is 0 Å². The zero-order valence-corrected chi connectivity index (χ0v) is 17.8. The maximum absolute atomic E-state index is 12.6. The lowest BCUT2D eigenvalue weighted by molar-refractivity contribution is 0.127. The van der Waals surface area contributed by atoms with Crippen LogP contribution in [0.4, 0.5) is 5.82 Å². The molecule has 4 rings (SSSR count). The van der Waals surface area contributed by atoms with Crippen molar-refractivity contribution in [1.29, 1.82) is 0 Å². The molecule has 0 spiro atoms. The first-order valence-corrected chi connectivity index (χ1v) is 11.9. The van der Waals surface area contributed by atoms with E-state index in [1.807, 2.05) is 0 Å². The predicted octanol–water partition coefficient (Wildman–Crippen LogP) is 0.400. The molecule has 2 fully saturated rings. The summed E-state index contributed by atoms with van der Waals surface area (Å²) in [6.07, 6.45) is 7.28. The number of rotatable bonds is 6. The summed E-state index contributed by atoms with van der Waals surface area (Å²) in [4.78, 5) is 14.6. The molecule has 1 saturated heterocycles. The first-order valence-electron chi connectivity index (χ1n) is 10.4. The van der Waals surface area contributed by atoms with Crippen molar-refractivity contribution < 1.29 is 13.5 Å². The Hall–Kier alpha value is -2.24. The van der Waals surface area contributed by atoms with Gasteiger partial charge in [0.1, 0.15) is 10.7 Å². The van der Waals surface area contributed by atoms with E-state index < -0.39 is 16.1 Å². The fraction of sp³-hybridized carbons (Fsp3) is 0.632. The number of aliphatic hydroxyl groups is 1. The first kappa shape index (κ1) is 21.0. The van der Waals surface area contributed by atoms with Gasteiger partial charge in [0, 0.05) is 38.4 Å². The fourth-order valence-corrected chi connectivity index (χ4v) is 5.41. The highest BCUT2D eigenvalue weighted by atomic mass is 32.2. The molecule has 3 heterocycles. The lowest BCUT2D eigenvalue weighted by Crippen LogP contribution is -2.47. The molecule has 0 amide bonds. The molecule has 1 aliphatic heterocycles. The molecule has 30 heavy (non-hydrogen) atoms.